The molecule has 0 bridgehead atoms. The van der Waals surface area contributed by atoms with Crippen molar-refractivity contribution in [3.63, 3.8) is 0 Å². The van der Waals surface area contributed by atoms with Crippen molar-refractivity contribution in [1.29, 1.82) is 0 Å². The molecule has 0 fully saturated rings. The summed E-state index contributed by atoms with van der Waals surface area (Å²) in [5.74, 6) is -1.40. The first-order valence-electron chi connectivity index (χ1n) is 6.50. The fraction of sp³-hybridized carbons (Fsp3) is 0.125. The van der Waals surface area contributed by atoms with Crippen LogP contribution in [0.3, 0.4) is 0 Å². The second-order valence-corrected chi connectivity index (χ2v) is 5.08. The molecule has 0 unspecified atom stereocenters. The van der Waals surface area contributed by atoms with E-state index in [1.165, 1.54) is 6.07 Å². The van der Waals surface area contributed by atoms with Crippen molar-refractivity contribution in [2.24, 2.45) is 5.16 Å². The van der Waals surface area contributed by atoms with Crippen LogP contribution in [0.2, 0.25) is 5.02 Å². The molecule has 0 heterocycles. The Morgan fingerprint density at radius 2 is 1.82 bits per heavy atom. The topological polar surface area (TPSA) is 69.9 Å². The average Bonchev–Trinajstić information content (AvgIpc) is 2.48. The van der Waals surface area contributed by atoms with Crippen LogP contribution in [0.1, 0.15) is 18.4 Å². The number of oxime groups is 1. The van der Waals surface area contributed by atoms with Gasteiger partial charge in [-0.05, 0) is 29.3 Å². The zero-order valence-electron chi connectivity index (χ0n) is 11.5. The lowest BCUT2D eigenvalue weighted by Crippen LogP contribution is -2.05. The molecule has 0 saturated carbocycles. The van der Waals surface area contributed by atoms with Crippen LogP contribution in [0.4, 0.5) is 4.39 Å². The van der Waals surface area contributed by atoms with Gasteiger partial charge in [-0.1, -0.05) is 41.0 Å². The van der Waals surface area contributed by atoms with Crippen molar-refractivity contribution in [3.8, 4) is 11.1 Å². The Labute approximate surface area is 131 Å². The Balaban J connectivity index is 2.24. The molecule has 2 aromatic carbocycles. The largest absolute Gasteiger partial charge is 0.481 e. The number of carboxylic acids is 1. The van der Waals surface area contributed by atoms with Crippen LogP contribution in [0.25, 0.3) is 11.1 Å². The Bertz CT molecular complexity index is 714. The predicted octanol–water partition coefficient (Wildman–Crippen LogP) is 4.19. The standard InChI is InChI=1S/C16H13ClFNO3/c17-12-5-6-13(14(18)9-12)10-1-3-11(4-2-10)15(19-22)7-8-16(20)21/h1-6,9,22H,7-8H2,(H,20,21). The van der Waals surface area contributed by atoms with E-state index < -0.39 is 11.8 Å². The lowest BCUT2D eigenvalue weighted by Gasteiger charge is -2.07. The molecule has 0 atom stereocenters. The number of halogens is 2. The molecule has 0 aliphatic heterocycles. The highest BCUT2D eigenvalue weighted by Crippen LogP contribution is 2.26. The Hall–Kier alpha value is -2.40. The Kier molecular flexibility index (Phi) is 5.12. The zero-order valence-corrected chi connectivity index (χ0v) is 12.2. The van der Waals surface area contributed by atoms with Crippen molar-refractivity contribution in [1.82, 2.24) is 0 Å². The molecule has 4 nitrogen and oxygen atoms in total. The molecule has 2 rings (SSSR count). The molecule has 114 valence electrons. The lowest BCUT2D eigenvalue weighted by atomic mass is 10.00. The van der Waals surface area contributed by atoms with E-state index in [2.05, 4.69) is 5.16 Å². The molecule has 0 spiro atoms. The molecular weight excluding hydrogens is 309 g/mol. The maximum absolute atomic E-state index is 13.9. The Morgan fingerprint density at radius 1 is 1.14 bits per heavy atom. The highest BCUT2D eigenvalue weighted by Gasteiger charge is 2.10. The molecule has 6 heteroatoms. The Morgan fingerprint density at radius 3 is 2.36 bits per heavy atom. The fourth-order valence-electron chi connectivity index (χ4n) is 2.04. The molecular formula is C16H13ClFNO3. The minimum atomic E-state index is -0.971. The number of benzene rings is 2. The van der Waals surface area contributed by atoms with E-state index in [0.29, 0.717) is 21.7 Å². The second-order valence-electron chi connectivity index (χ2n) is 4.64. The normalized spacial score (nSPS) is 11.5. The quantitative estimate of drug-likeness (QED) is 0.493. The third-order valence-corrected chi connectivity index (χ3v) is 3.39. The van der Waals surface area contributed by atoms with E-state index in [1.54, 1.807) is 36.4 Å². The molecule has 22 heavy (non-hydrogen) atoms. The van der Waals surface area contributed by atoms with Gasteiger partial charge in [0.1, 0.15) is 5.82 Å². The van der Waals surface area contributed by atoms with E-state index in [4.69, 9.17) is 21.9 Å². The highest BCUT2D eigenvalue weighted by molar-refractivity contribution is 6.30. The van der Waals surface area contributed by atoms with Gasteiger partial charge in [-0.15, -0.1) is 0 Å². The highest BCUT2D eigenvalue weighted by atomic mass is 35.5. The summed E-state index contributed by atoms with van der Waals surface area (Å²) in [6, 6.07) is 11.1. The van der Waals surface area contributed by atoms with Crippen molar-refractivity contribution in [2.75, 3.05) is 0 Å². The van der Waals surface area contributed by atoms with Gasteiger partial charge in [0.15, 0.2) is 0 Å². The van der Waals surface area contributed by atoms with E-state index in [0.717, 1.165) is 0 Å². The van der Waals surface area contributed by atoms with Gasteiger partial charge >= 0.3 is 5.97 Å². The number of carboxylic acid groups (broad SMARTS) is 1. The third-order valence-electron chi connectivity index (χ3n) is 3.16. The maximum Gasteiger partial charge on any atom is 0.303 e. The van der Waals surface area contributed by atoms with Gasteiger partial charge in [-0.2, -0.15) is 0 Å². The maximum atomic E-state index is 13.9. The van der Waals surface area contributed by atoms with Crippen LogP contribution in [-0.2, 0) is 4.79 Å². The predicted molar refractivity (Wildman–Crippen MR) is 82.0 cm³/mol. The molecule has 0 aromatic heterocycles. The van der Waals surface area contributed by atoms with Crippen LogP contribution in [0, 0.1) is 5.82 Å². The van der Waals surface area contributed by atoms with Crippen LogP contribution in [-0.4, -0.2) is 22.0 Å². The van der Waals surface area contributed by atoms with Crippen LogP contribution >= 0.6 is 11.6 Å². The zero-order chi connectivity index (χ0) is 16.1. The van der Waals surface area contributed by atoms with E-state index in [1.807, 2.05) is 0 Å². The smallest absolute Gasteiger partial charge is 0.303 e. The summed E-state index contributed by atoms with van der Waals surface area (Å²) < 4.78 is 13.9. The van der Waals surface area contributed by atoms with Gasteiger partial charge in [-0.25, -0.2) is 4.39 Å². The van der Waals surface area contributed by atoms with Crippen LogP contribution < -0.4 is 0 Å². The molecule has 0 saturated heterocycles. The fourth-order valence-corrected chi connectivity index (χ4v) is 2.20. The third kappa shape index (κ3) is 3.83. The molecule has 2 N–H and O–H groups in total. The summed E-state index contributed by atoms with van der Waals surface area (Å²) in [5.41, 5.74) is 1.91. The minimum absolute atomic E-state index is 0.112. The summed E-state index contributed by atoms with van der Waals surface area (Å²) in [6.45, 7) is 0. The van der Waals surface area contributed by atoms with Crippen molar-refractivity contribution in [2.45, 2.75) is 12.8 Å². The number of nitrogens with zero attached hydrogens (tertiary/aromatic N) is 1. The SMILES string of the molecule is O=C(O)CCC(=NO)c1ccc(-c2ccc(Cl)cc2F)cc1. The average molecular weight is 322 g/mol. The van der Waals surface area contributed by atoms with E-state index >= 15 is 0 Å². The summed E-state index contributed by atoms with van der Waals surface area (Å²) in [4.78, 5) is 10.6. The van der Waals surface area contributed by atoms with E-state index in [9.17, 15) is 9.18 Å². The number of hydrogen-bond acceptors (Lipinski definition) is 3. The van der Waals surface area contributed by atoms with Crippen LogP contribution in [0.15, 0.2) is 47.6 Å². The summed E-state index contributed by atoms with van der Waals surface area (Å²) in [5, 5.41) is 21.1. The first-order valence-corrected chi connectivity index (χ1v) is 6.87. The number of aliphatic carboxylic acids is 1. The van der Waals surface area contributed by atoms with Gasteiger partial charge in [0.25, 0.3) is 0 Å². The molecule has 0 radical (unpaired) electrons. The minimum Gasteiger partial charge on any atom is -0.481 e. The molecule has 0 aliphatic rings. The van der Waals surface area contributed by atoms with Crippen molar-refractivity contribution < 1.29 is 19.5 Å². The summed E-state index contributed by atoms with van der Waals surface area (Å²) >= 11 is 5.72. The van der Waals surface area contributed by atoms with Crippen molar-refractivity contribution in [3.05, 3.63) is 58.9 Å². The van der Waals surface area contributed by atoms with Crippen LogP contribution in [0.5, 0.6) is 0 Å². The second kappa shape index (κ2) is 7.04. The van der Waals surface area contributed by atoms with Gasteiger partial charge < -0.3 is 10.3 Å². The summed E-state index contributed by atoms with van der Waals surface area (Å²) in [7, 11) is 0. The lowest BCUT2D eigenvalue weighted by molar-refractivity contribution is -0.136. The molecule has 0 amide bonds. The molecule has 0 aliphatic carbocycles. The van der Waals surface area contributed by atoms with Gasteiger partial charge in [0.2, 0.25) is 0 Å². The monoisotopic (exact) mass is 321 g/mol. The molecule has 2 aromatic rings. The first kappa shape index (κ1) is 16.0. The number of hydrogen-bond donors (Lipinski definition) is 2. The van der Waals surface area contributed by atoms with Gasteiger partial charge in [-0.3, -0.25) is 4.79 Å². The summed E-state index contributed by atoms with van der Waals surface area (Å²) in [6.07, 6.45) is -0.0204. The van der Waals surface area contributed by atoms with E-state index in [-0.39, 0.29) is 18.6 Å². The van der Waals surface area contributed by atoms with Gasteiger partial charge in [0, 0.05) is 17.0 Å². The van der Waals surface area contributed by atoms with Gasteiger partial charge in [0.05, 0.1) is 12.1 Å². The first-order chi connectivity index (χ1) is 10.5. The number of rotatable bonds is 5. The number of carbonyl (C=O) groups is 1. The van der Waals surface area contributed by atoms with Crippen molar-refractivity contribution >= 4 is 23.3 Å².